The fourth-order valence-corrected chi connectivity index (χ4v) is 4.49. The number of likely N-dealkylation sites (tertiary alicyclic amines) is 1. The van der Waals surface area contributed by atoms with Crippen LogP contribution in [-0.2, 0) is 16.7 Å². The molecule has 166 valence electrons. The van der Waals surface area contributed by atoms with Gasteiger partial charge in [0, 0.05) is 32.0 Å². The molecule has 1 amide bonds. The lowest BCUT2D eigenvalue weighted by Crippen LogP contribution is -2.47. The van der Waals surface area contributed by atoms with Crippen molar-refractivity contribution in [2.45, 2.75) is 31.7 Å². The lowest BCUT2D eigenvalue weighted by molar-refractivity contribution is 0.0696. The predicted molar refractivity (Wildman–Crippen MR) is 120 cm³/mol. The van der Waals surface area contributed by atoms with Crippen molar-refractivity contribution >= 4 is 12.1 Å². The molecule has 0 aliphatic carbocycles. The van der Waals surface area contributed by atoms with E-state index < -0.39 is 5.97 Å². The molecule has 0 saturated carbocycles. The van der Waals surface area contributed by atoms with Gasteiger partial charge in [-0.05, 0) is 43.0 Å². The number of nitrogens with zero attached hydrogens (tertiary/aromatic N) is 3. The van der Waals surface area contributed by atoms with E-state index in [1.807, 2.05) is 49.6 Å². The van der Waals surface area contributed by atoms with Crippen LogP contribution in [-0.4, -0.2) is 51.3 Å². The van der Waals surface area contributed by atoms with Gasteiger partial charge in [-0.3, -0.25) is 0 Å². The number of aromatic nitrogens is 2. The Bertz CT molecular complexity index is 1070. The minimum Gasteiger partial charge on any atom is -0.478 e. The monoisotopic (exact) mass is 433 g/mol. The highest BCUT2D eigenvalue weighted by atomic mass is 16.6. The summed E-state index contributed by atoms with van der Waals surface area (Å²) in [5.74, 6) is 0.0192. The largest absolute Gasteiger partial charge is 0.478 e. The Morgan fingerprint density at radius 3 is 2.38 bits per heavy atom. The van der Waals surface area contributed by atoms with Crippen LogP contribution in [0.25, 0.3) is 0 Å². The van der Waals surface area contributed by atoms with Gasteiger partial charge in [0.1, 0.15) is 5.82 Å². The van der Waals surface area contributed by atoms with Crippen LogP contribution in [0.1, 0.15) is 47.1 Å². The smallest absolute Gasteiger partial charge is 0.409 e. The second-order valence-electron chi connectivity index (χ2n) is 8.01. The summed E-state index contributed by atoms with van der Waals surface area (Å²) in [6.07, 6.45) is 4.98. The first-order valence-electron chi connectivity index (χ1n) is 10.8. The van der Waals surface area contributed by atoms with Crippen LogP contribution in [0.3, 0.4) is 0 Å². The fourth-order valence-electron chi connectivity index (χ4n) is 4.49. The van der Waals surface area contributed by atoms with E-state index in [2.05, 4.69) is 16.7 Å². The van der Waals surface area contributed by atoms with Gasteiger partial charge >= 0.3 is 12.1 Å². The number of aromatic carboxylic acids is 1. The number of carbonyl (C=O) groups excluding carboxylic acids is 1. The Hall–Kier alpha value is -3.61. The van der Waals surface area contributed by atoms with Gasteiger partial charge in [-0.25, -0.2) is 14.6 Å². The minimum absolute atomic E-state index is 0.268. The Morgan fingerprint density at radius 1 is 1.06 bits per heavy atom. The van der Waals surface area contributed by atoms with Gasteiger partial charge in [-0.2, -0.15) is 0 Å². The summed E-state index contributed by atoms with van der Waals surface area (Å²) in [5.41, 5.74) is 2.12. The van der Waals surface area contributed by atoms with E-state index in [0.29, 0.717) is 26.2 Å². The maximum atomic E-state index is 12.3. The molecule has 2 heterocycles. The summed E-state index contributed by atoms with van der Waals surface area (Å²) in [4.78, 5) is 29.9. The van der Waals surface area contributed by atoms with Gasteiger partial charge in [0.2, 0.25) is 0 Å². The number of carboxylic acids is 1. The molecule has 1 fully saturated rings. The SMILES string of the molecule is CCOC(=O)N1CCC(c2ccccc2)(c2nccn2Cc2ccc(C(=O)O)cc2)CC1. The van der Waals surface area contributed by atoms with E-state index in [1.165, 1.54) is 5.56 Å². The number of imidazole rings is 1. The normalized spacial score (nSPS) is 15.3. The average Bonchev–Trinajstić information content (AvgIpc) is 3.29. The Balaban J connectivity index is 1.65. The van der Waals surface area contributed by atoms with Gasteiger partial charge in [0.05, 0.1) is 17.6 Å². The summed E-state index contributed by atoms with van der Waals surface area (Å²) in [6, 6.07) is 17.2. The lowest BCUT2D eigenvalue weighted by atomic mass is 9.72. The van der Waals surface area contributed by atoms with Crippen LogP contribution in [0.4, 0.5) is 4.79 Å². The number of ether oxygens (including phenoxy) is 1. The molecule has 1 saturated heterocycles. The molecule has 0 unspecified atom stereocenters. The van der Waals surface area contributed by atoms with Crippen LogP contribution < -0.4 is 0 Å². The van der Waals surface area contributed by atoms with Gasteiger partial charge in [0.25, 0.3) is 0 Å². The zero-order valence-corrected chi connectivity index (χ0v) is 18.1. The molecule has 0 radical (unpaired) electrons. The Labute approximate surface area is 187 Å². The first-order valence-corrected chi connectivity index (χ1v) is 10.8. The van der Waals surface area contributed by atoms with E-state index in [-0.39, 0.29) is 17.1 Å². The molecule has 1 aliphatic heterocycles. The van der Waals surface area contributed by atoms with Crippen LogP contribution in [0, 0.1) is 0 Å². The molecule has 0 atom stereocenters. The second kappa shape index (κ2) is 9.26. The molecular weight excluding hydrogens is 406 g/mol. The molecular formula is C25H27N3O4. The van der Waals surface area contributed by atoms with Crippen molar-refractivity contribution < 1.29 is 19.4 Å². The number of carbonyl (C=O) groups is 2. The molecule has 1 N–H and O–H groups in total. The summed E-state index contributed by atoms with van der Waals surface area (Å²) in [5, 5.41) is 9.15. The third kappa shape index (κ3) is 4.23. The highest BCUT2D eigenvalue weighted by molar-refractivity contribution is 5.87. The minimum atomic E-state index is -0.934. The molecule has 7 nitrogen and oxygen atoms in total. The van der Waals surface area contributed by atoms with E-state index in [0.717, 1.165) is 24.2 Å². The summed E-state index contributed by atoms with van der Waals surface area (Å²) in [6.45, 7) is 3.95. The number of amides is 1. The number of piperidine rings is 1. The van der Waals surface area contributed by atoms with Crippen molar-refractivity contribution in [2.75, 3.05) is 19.7 Å². The molecule has 1 aliphatic rings. The highest BCUT2D eigenvalue weighted by Crippen LogP contribution is 2.41. The number of carboxylic acid groups (broad SMARTS) is 1. The van der Waals surface area contributed by atoms with Crippen molar-refractivity contribution in [1.29, 1.82) is 0 Å². The van der Waals surface area contributed by atoms with E-state index >= 15 is 0 Å². The topological polar surface area (TPSA) is 84.7 Å². The molecule has 4 rings (SSSR count). The standard InChI is InChI=1S/C25H27N3O4/c1-2-32-24(31)27-15-12-25(13-16-27,21-6-4-3-5-7-21)23-26-14-17-28(23)18-19-8-10-20(11-9-19)22(29)30/h3-11,14,17H,2,12-13,15-16,18H2,1H3,(H,29,30). The van der Waals surface area contributed by atoms with Gasteiger partial charge in [0.15, 0.2) is 0 Å². The van der Waals surface area contributed by atoms with E-state index in [9.17, 15) is 9.59 Å². The van der Waals surface area contributed by atoms with Crippen molar-refractivity contribution in [2.24, 2.45) is 0 Å². The molecule has 7 heteroatoms. The van der Waals surface area contributed by atoms with Crippen molar-refractivity contribution in [1.82, 2.24) is 14.5 Å². The molecule has 3 aromatic rings. The number of hydrogen-bond donors (Lipinski definition) is 1. The van der Waals surface area contributed by atoms with Crippen LogP contribution in [0.5, 0.6) is 0 Å². The fraction of sp³-hybridized carbons (Fsp3) is 0.320. The lowest BCUT2D eigenvalue weighted by Gasteiger charge is -2.41. The average molecular weight is 434 g/mol. The van der Waals surface area contributed by atoms with Gasteiger partial charge < -0.3 is 19.3 Å². The maximum Gasteiger partial charge on any atom is 0.409 e. The summed E-state index contributed by atoms with van der Waals surface area (Å²) in [7, 11) is 0. The van der Waals surface area contributed by atoms with E-state index in [1.54, 1.807) is 17.0 Å². The van der Waals surface area contributed by atoms with Gasteiger partial charge in [-0.1, -0.05) is 42.5 Å². The second-order valence-corrected chi connectivity index (χ2v) is 8.01. The third-order valence-electron chi connectivity index (χ3n) is 6.17. The van der Waals surface area contributed by atoms with Crippen LogP contribution in [0.2, 0.25) is 0 Å². The van der Waals surface area contributed by atoms with Crippen LogP contribution >= 0.6 is 0 Å². The zero-order chi connectivity index (χ0) is 22.6. The molecule has 0 spiro atoms. The molecule has 1 aromatic heterocycles. The Kier molecular flexibility index (Phi) is 6.25. The number of hydrogen-bond acceptors (Lipinski definition) is 4. The molecule has 32 heavy (non-hydrogen) atoms. The third-order valence-corrected chi connectivity index (χ3v) is 6.17. The van der Waals surface area contributed by atoms with E-state index in [4.69, 9.17) is 14.8 Å². The maximum absolute atomic E-state index is 12.3. The Morgan fingerprint density at radius 2 is 1.75 bits per heavy atom. The predicted octanol–water partition coefficient (Wildman–Crippen LogP) is 4.17. The molecule has 2 aromatic carbocycles. The first-order chi connectivity index (χ1) is 15.5. The molecule has 0 bridgehead atoms. The quantitative estimate of drug-likeness (QED) is 0.631. The summed E-state index contributed by atoms with van der Waals surface area (Å²) >= 11 is 0. The van der Waals surface area contributed by atoms with Crippen molar-refractivity contribution in [3.8, 4) is 0 Å². The zero-order valence-electron chi connectivity index (χ0n) is 18.1. The van der Waals surface area contributed by atoms with Crippen molar-refractivity contribution in [3.05, 3.63) is 89.5 Å². The van der Waals surface area contributed by atoms with Crippen LogP contribution in [0.15, 0.2) is 67.0 Å². The number of benzene rings is 2. The first kappa shape index (κ1) is 21.6. The highest BCUT2D eigenvalue weighted by Gasteiger charge is 2.42. The summed E-state index contributed by atoms with van der Waals surface area (Å²) < 4.78 is 7.33. The van der Waals surface area contributed by atoms with Crippen molar-refractivity contribution in [3.63, 3.8) is 0 Å². The number of rotatable bonds is 6. The van der Waals surface area contributed by atoms with Gasteiger partial charge in [-0.15, -0.1) is 0 Å².